The molecule has 0 aliphatic rings. The topological polar surface area (TPSA) is 16.1 Å². The fraction of sp³-hybridized carbons (Fsp3) is 0.471. The maximum Gasteiger partial charge on any atom is 0.133 e. The molecule has 1 aromatic heterocycles. The highest BCUT2D eigenvalue weighted by Gasteiger charge is 2.22. The zero-order valence-electron chi connectivity index (χ0n) is 12.7. The molecule has 0 aliphatic carbocycles. The Labute approximate surface area is 116 Å². The van der Waals surface area contributed by atoms with E-state index in [9.17, 15) is 0 Å². The van der Waals surface area contributed by atoms with Gasteiger partial charge >= 0.3 is 0 Å². The third-order valence-electron chi connectivity index (χ3n) is 3.57. The molecule has 0 saturated heterocycles. The van der Waals surface area contributed by atoms with Crippen LogP contribution in [0.3, 0.4) is 0 Å². The number of aromatic nitrogens is 1. The zero-order chi connectivity index (χ0) is 14.0. The molecule has 0 amide bonds. The Morgan fingerprint density at radius 2 is 1.68 bits per heavy atom. The molecule has 0 bridgehead atoms. The van der Waals surface area contributed by atoms with Crippen LogP contribution in [0.1, 0.15) is 40.2 Å². The fourth-order valence-electron chi connectivity index (χ4n) is 2.42. The summed E-state index contributed by atoms with van der Waals surface area (Å²) in [5.74, 6) is 1.14. The highest BCUT2D eigenvalue weighted by atomic mass is 15.2. The van der Waals surface area contributed by atoms with E-state index in [0.717, 1.165) is 24.4 Å². The summed E-state index contributed by atoms with van der Waals surface area (Å²) in [6.07, 6.45) is 0. The summed E-state index contributed by atoms with van der Waals surface area (Å²) >= 11 is 0. The summed E-state index contributed by atoms with van der Waals surface area (Å²) in [5.41, 5.74) is 2.52. The number of hydrogen-bond acceptors (Lipinski definition) is 2. The number of nitrogens with zero attached hydrogens (tertiary/aromatic N) is 2. The van der Waals surface area contributed by atoms with Crippen molar-refractivity contribution in [3.05, 3.63) is 35.9 Å². The van der Waals surface area contributed by atoms with Crippen LogP contribution in [0, 0.1) is 0 Å². The van der Waals surface area contributed by atoms with Gasteiger partial charge in [-0.3, -0.25) is 0 Å². The first-order valence-electron chi connectivity index (χ1n) is 7.12. The van der Waals surface area contributed by atoms with Crippen molar-refractivity contribution in [2.75, 3.05) is 18.0 Å². The van der Waals surface area contributed by atoms with Crippen molar-refractivity contribution in [2.45, 2.75) is 40.0 Å². The smallest absolute Gasteiger partial charge is 0.133 e. The molecule has 1 aromatic carbocycles. The Kier molecular flexibility index (Phi) is 3.79. The number of fused-ring (bicyclic) bond motifs is 1. The summed E-state index contributed by atoms with van der Waals surface area (Å²) in [7, 11) is 0. The monoisotopic (exact) mass is 256 g/mol. The first-order chi connectivity index (χ1) is 8.97. The number of anilines is 1. The lowest BCUT2D eigenvalue weighted by molar-refractivity contribution is 0.585. The molecular weight excluding hydrogens is 232 g/mol. The van der Waals surface area contributed by atoms with Gasteiger partial charge in [0, 0.05) is 24.0 Å². The largest absolute Gasteiger partial charge is 0.357 e. The molecule has 102 valence electrons. The molecule has 2 aromatic rings. The predicted octanol–water partition coefficient (Wildman–Crippen LogP) is 4.38. The number of benzene rings is 1. The lowest BCUT2D eigenvalue weighted by Crippen LogP contribution is -2.27. The number of rotatable bonds is 3. The Hall–Kier alpha value is -1.57. The van der Waals surface area contributed by atoms with E-state index in [1.165, 1.54) is 10.9 Å². The van der Waals surface area contributed by atoms with Crippen LogP contribution in [-0.4, -0.2) is 18.1 Å². The molecule has 2 heteroatoms. The van der Waals surface area contributed by atoms with Crippen molar-refractivity contribution in [1.29, 1.82) is 0 Å². The second kappa shape index (κ2) is 5.20. The van der Waals surface area contributed by atoms with Gasteiger partial charge in [0.05, 0.1) is 5.52 Å². The van der Waals surface area contributed by atoms with E-state index in [0.29, 0.717) is 0 Å². The van der Waals surface area contributed by atoms with Crippen LogP contribution in [0.15, 0.2) is 30.3 Å². The van der Waals surface area contributed by atoms with Crippen LogP contribution in [0.25, 0.3) is 10.9 Å². The highest BCUT2D eigenvalue weighted by molar-refractivity contribution is 5.82. The molecular formula is C17H24N2. The van der Waals surface area contributed by atoms with Crippen LogP contribution >= 0.6 is 0 Å². The molecule has 0 atom stereocenters. The average Bonchev–Trinajstić information content (AvgIpc) is 2.38. The molecule has 0 spiro atoms. The second-order valence-electron chi connectivity index (χ2n) is 5.97. The number of pyridine rings is 1. The summed E-state index contributed by atoms with van der Waals surface area (Å²) < 4.78 is 0. The van der Waals surface area contributed by atoms with E-state index in [2.05, 4.69) is 69.9 Å². The molecule has 2 rings (SSSR count). The predicted molar refractivity (Wildman–Crippen MR) is 84.0 cm³/mol. The van der Waals surface area contributed by atoms with Crippen molar-refractivity contribution in [1.82, 2.24) is 4.98 Å². The third kappa shape index (κ3) is 2.73. The van der Waals surface area contributed by atoms with E-state index < -0.39 is 0 Å². The molecule has 0 N–H and O–H groups in total. The van der Waals surface area contributed by atoms with Crippen molar-refractivity contribution in [3.63, 3.8) is 0 Å². The SMILES string of the molecule is CCN(CC)c1nc2ccccc2cc1C(C)(C)C. The lowest BCUT2D eigenvalue weighted by Gasteiger charge is -2.29. The number of para-hydroxylation sites is 1. The Bertz CT molecular complexity index is 563. The second-order valence-corrected chi connectivity index (χ2v) is 5.97. The van der Waals surface area contributed by atoms with Crippen LogP contribution < -0.4 is 4.90 Å². The normalized spacial score (nSPS) is 11.8. The van der Waals surface area contributed by atoms with E-state index in [4.69, 9.17) is 4.98 Å². The summed E-state index contributed by atoms with van der Waals surface area (Å²) in [6.45, 7) is 13.1. The average molecular weight is 256 g/mol. The Morgan fingerprint density at radius 1 is 1.05 bits per heavy atom. The number of hydrogen-bond donors (Lipinski definition) is 0. The van der Waals surface area contributed by atoms with Crippen LogP contribution in [0.2, 0.25) is 0 Å². The first kappa shape index (κ1) is 13.9. The molecule has 0 radical (unpaired) electrons. The van der Waals surface area contributed by atoms with Crippen molar-refractivity contribution >= 4 is 16.7 Å². The maximum absolute atomic E-state index is 4.91. The van der Waals surface area contributed by atoms with Gasteiger partial charge in [-0.25, -0.2) is 4.98 Å². The van der Waals surface area contributed by atoms with Crippen LogP contribution in [-0.2, 0) is 5.41 Å². The van der Waals surface area contributed by atoms with Gasteiger partial charge in [0.1, 0.15) is 5.82 Å². The summed E-state index contributed by atoms with van der Waals surface area (Å²) in [6, 6.07) is 10.7. The minimum Gasteiger partial charge on any atom is -0.357 e. The van der Waals surface area contributed by atoms with E-state index in [1.807, 2.05) is 0 Å². The van der Waals surface area contributed by atoms with Gasteiger partial charge in [0.25, 0.3) is 0 Å². The van der Waals surface area contributed by atoms with Gasteiger partial charge in [-0.1, -0.05) is 39.0 Å². The first-order valence-corrected chi connectivity index (χ1v) is 7.12. The van der Waals surface area contributed by atoms with Crippen LogP contribution in [0.4, 0.5) is 5.82 Å². The molecule has 0 fully saturated rings. The fourth-order valence-corrected chi connectivity index (χ4v) is 2.42. The summed E-state index contributed by atoms with van der Waals surface area (Å²) in [5, 5.41) is 1.23. The lowest BCUT2D eigenvalue weighted by atomic mass is 9.86. The van der Waals surface area contributed by atoms with Gasteiger partial charge in [-0.2, -0.15) is 0 Å². The Morgan fingerprint density at radius 3 is 2.26 bits per heavy atom. The van der Waals surface area contributed by atoms with Gasteiger partial charge < -0.3 is 4.90 Å². The molecule has 2 nitrogen and oxygen atoms in total. The minimum absolute atomic E-state index is 0.106. The van der Waals surface area contributed by atoms with E-state index in [-0.39, 0.29) is 5.41 Å². The third-order valence-corrected chi connectivity index (χ3v) is 3.57. The van der Waals surface area contributed by atoms with Crippen LogP contribution in [0.5, 0.6) is 0 Å². The molecule has 19 heavy (non-hydrogen) atoms. The van der Waals surface area contributed by atoms with Crippen molar-refractivity contribution in [2.24, 2.45) is 0 Å². The van der Waals surface area contributed by atoms with E-state index in [1.54, 1.807) is 0 Å². The van der Waals surface area contributed by atoms with E-state index >= 15 is 0 Å². The van der Waals surface area contributed by atoms with Gasteiger partial charge in [0.15, 0.2) is 0 Å². The molecule has 1 heterocycles. The minimum atomic E-state index is 0.106. The van der Waals surface area contributed by atoms with Gasteiger partial charge in [-0.15, -0.1) is 0 Å². The molecule has 0 unspecified atom stereocenters. The zero-order valence-corrected chi connectivity index (χ0v) is 12.7. The van der Waals surface area contributed by atoms with Gasteiger partial charge in [-0.05, 0) is 31.4 Å². The summed E-state index contributed by atoms with van der Waals surface area (Å²) in [4.78, 5) is 7.25. The molecule has 0 saturated carbocycles. The van der Waals surface area contributed by atoms with Crippen molar-refractivity contribution < 1.29 is 0 Å². The maximum atomic E-state index is 4.91. The van der Waals surface area contributed by atoms with Crippen molar-refractivity contribution in [3.8, 4) is 0 Å². The Balaban J connectivity index is 2.70. The highest BCUT2D eigenvalue weighted by Crippen LogP contribution is 2.33. The molecule has 0 aliphatic heterocycles. The quantitative estimate of drug-likeness (QED) is 0.810. The standard InChI is InChI=1S/C17H24N2/c1-6-19(7-2)16-14(17(3,4)5)12-13-10-8-9-11-15(13)18-16/h8-12H,6-7H2,1-5H3. The van der Waals surface area contributed by atoms with Gasteiger partial charge in [0.2, 0.25) is 0 Å².